The Hall–Kier alpha value is -2.32. The molecule has 2 aromatic rings. The fraction of sp³-hybridized carbons (Fsp3) is 0.158. The van der Waals surface area contributed by atoms with Crippen molar-refractivity contribution >= 4 is 5.57 Å². The van der Waals surface area contributed by atoms with Crippen molar-refractivity contribution in [1.82, 2.24) is 0 Å². The summed E-state index contributed by atoms with van der Waals surface area (Å²) in [5.41, 5.74) is 3.15. The van der Waals surface area contributed by atoms with Crippen molar-refractivity contribution in [2.24, 2.45) is 0 Å². The van der Waals surface area contributed by atoms with Crippen molar-refractivity contribution in [3.05, 3.63) is 83.4 Å². The number of benzene rings is 2. The van der Waals surface area contributed by atoms with E-state index in [2.05, 4.69) is 0 Å². The van der Waals surface area contributed by atoms with Gasteiger partial charge in [0.2, 0.25) is 0 Å². The summed E-state index contributed by atoms with van der Waals surface area (Å²) in [5.74, 6) is 0.275. The molecule has 1 aliphatic carbocycles. The number of phenols is 1. The van der Waals surface area contributed by atoms with Crippen molar-refractivity contribution in [2.45, 2.75) is 18.9 Å². The van der Waals surface area contributed by atoms with Crippen molar-refractivity contribution in [1.29, 1.82) is 0 Å². The molecule has 0 heterocycles. The molecule has 106 valence electrons. The average Bonchev–Trinajstić information content (AvgIpc) is 2.50. The van der Waals surface area contributed by atoms with Crippen LogP contribution in [-0.2, 0) is 5.60 Å². The molecule has 21 heavy (non-hydrogen) atoms. The third-order valence-electron chi connectivity index (χ3n) is 3.97. The van der Waals surface area contributed by atoms with Gasteiger partial charge in [-0.15, -0.1) is 0 Å². The predicted octanol–water partition coefficient (Wildman–Crippen LogP) is 3.93. The normalized spacial score (nSPS) is 21.1. The molecule has 2 N–H and O–H groups in total. The molecular formula is C19H18O2. The Labute approximate surface area is 124 Å². The smallest absolute Gasteiger partial charge is 0.115 e. The zero-order chi connectivity index (χ0) is 14.9. The van der Waals surface area contributed by atoms with Gasteiger partial charge in [0, 0.05) is 6.42 Å². The molecule has 0 spiro atoms. The van der Waals surface area contributed by atoms with E-state index in [4.69, 9.17) is 0 Å². The van der Waals surface area contributed by atoms with E-state index in [1.165, 1.54) is 0 Å². The van der Waals surface area contributed by atoms with Gasteiger partial charge in [0.15, 0.2) is 0 Å². The first kappa shape index (κ1) is 13.7. The highest BCUT2D eigenvalue weighted by atomic mass is 16.3. The topological polar surface area (TPSA) is 40.5 Å². The van der Waals surface area contributed by atoms with Gasteiger partial charge in [-0.1, -0.05) is 48.6 Å². The van der Waals surface area contributed by atoms with E-state index in [0.29, 0.717) is 6.42 Å². The molecule has 1 unspecified atom stereocenters. The molecule has 0 radical (unpaired) electrons. The lowest BCUT2D eigenvalue weighted by Gasteiger charge is -2.27. The van der Waals surface area contributed by atoms with Gasteiger partial charge in [-0.25, -0.2) is 0 Å². The largest absolute Gasteiger partial charge is 0.508 e. The highest BCUT2D eigenvalue weighted by Gasteiger charge is 2.27. The third kappa shape index (κ3) is 2.63. The molecule has 0 saturated heterocycles. The minimum absolute atomic E-state index is 0.275. The Balaban J connectivity index is 1.90. The molecule has 0 bridgehead atoms. The Morgan fingerprint density at radius 2 is 1.81 bits per heavy atom. The van der Waals surface area contributed by atoms with Crippen LogP contribution in [-0.4, -0.2) is 10.2 Å². The Kier molecular flexibility index (Phi) is 3.40. The summed E-state index contributed by atoms with van der Waals surface area (Å²) in [7, 11) is 0. The van der Waals surface area contributed by atoms with E-state index in [-0.39, 0.29) is 5.75 Å². The summed E-state index contributed by atoms with van der Waals surface area (Å²) in [4.78, 5) is 0. The van der Waals surface area contributed by atoms with Crippen molar-refractivity contribution in [2.75, 3.05) is 0 Å². The maximum atomic E-state index is 10.7. The third-order valence-corrected chi connectivity index (χ3v) is 3.97. The number of rotatable bonds is 2. The van der Waals surface area contributed by atoms with Crippen LogP contribution in [0.2, 0.25) is 0 Å². The zero-order valence-electron chi connectivity index (χ0n) is 12.0. The van der Waals surface area contributed by atoms with Crippen LogP contribution in [0.25, 0.3) is 5.57 Å². The van der Waals surface area contributed by atoms with Crippen LogP contribution in [0, 0.1) is 6.92 Å². The summed E-state index contributed by atoms with van der Waals surface area (Å²) in [6, 6.07) is 15.0. The maximum Gasteiger partial charge on any atom is 0.115 e. The molecule has 1 atom stereocenters. The Morgan fingerprint density at radius 1 is 1.05 bits per heavy atom. The average molecular weight is 278 g/mol. The zero-order valence-corrected chi connectivity index (χ0v) is 12.0. The Morgan fingerprint density at radius 3 is 2.43 bits per heavy atom. The number of hydrogen-bond donors (Lipinski definition) is 2. The first-order valence-electron chi connectivity index (χ1n) is 7.06. The lowest BCUT2D eigenvalue weighted by atomic mass is 9.83. The number of phenolic OH excluding ortho intramolecular Hbond substituents is 1. The first-order valence-corrected chi connectivity index (χ1v) is 7.06. The summed E-state index contributed by atoms with van der Waals surface area (Å²) >= 11 is 0. The summed E-state index contributed by atoms with van der Waals surface area (Å²) in [6.07, 6.45) is 6.40. The van der Waals surface area contributed by atoms with Crippen LogP contribution in [0.1, 0.15) is 23.1 Å². The molecular weight excluding hydrogens is 260 g/mol. The molecule has 0 saturated carbocycles. The van der Waals surface area contributed by atoms with E-state index in [9.17, 15) is 10.2 Å². The number of allylic oxidation sites excluding steroid dienone is 2. The van der Waals surface area contributed by atoms with Crippen LogP contribution >= 0.6 is 0 Å². The fourth-order valence-electron chi connectivity index (χ4n) is 2.74. The van der Waals surface area contributed by atoms with Gasteiger partial charge in [0.1, 0.15) is 11.4 Å². The molecule has 0 amide bonds. The lowest BCUT2D eigenvalue weighted by molar-refractivity contribution is 0.0920. The van der Waals surface area contributed by atoms with E-state index in [1.807, 2.05) is 61.5 Å². The highest BCUT2D eigenvalue weighted by Crippen LogP contribution is 2.35. The van der Waals surface area contributed by atoms with Crippen LogP contribution < -0.4 is 0 Å². The molecule has 0 fully saturated rings. The van der Waals surface area contributed by atoms with E-state index < -0.39 is 5.60 Å². The minimum atomic E-state index is -0.935. The van der Waals surface area contributed by atoms with Crippen LogP contribution in [0.4, 0.5) is 0 Å². The number of aromatic hydroxyl groups is 1. The SMILES string of the molecule is Cc1cc(O)ccc1C1=CCC(O)(c2ccccc2)C=C1. The molecule has 2 aromatic carbocycles. The molecule has 0 aromatic heterocycles. The second kappa shape index (κ2) is 5.23. The van der Waals surface area contributed by atoms with Crippen LogP contribution in [0.3, 0.4) is 0 Å². The predicted molar refractivity (Wildman–Crippen MR) is 84.9 cm³/mol. The summed E-state index contributed by atoms with van der Waals surface area (Å²) < 4.78 is 0. The lowest BCUT2D eigenvalue weighted by Crippen LogP contribution is -2.23. The highest BCUT2D eigenvalue weighted by molar-refractivity contribution is 5.77. The molecule has 1 aliphatic rings. The molecule has 0 aliphatic heterocycles. The van der Waals surface area contributed by atoms with E-state index in [1.54, 1.807) is 12.1 Å². The number of hydrogen-bond acceptors (Lipinski definition) is 2. The second-order valence-corrected chi connectivity index (χ2v) is 5.49. The Bertz CT molecular complexity index is 714. The van der Waals surface area contributed by atoms with Crippen LogP contribution in [0.5, 0.6) is 5.75 Å². The number of aryl methyl sites for hydroxylation is 1. The fourth-order valence-corrected chi connectivity index (χ4v) is 2.74. The van der Waals surface area contributed by atoms with E-state index >= 15 is 0 Å². The first-order chi connectivity index (χ1) is 10.1. The quantitative estimate of drug-likeness (QED) is 0.873. The van der Waals surface area contributed by atoms with Gasteiger partial charge < -0.3 is 10.2 Å². The van der Waals surface area contributed by atoms with Gasteiger partial charge in [-0.3, -0.25) is 0 Å². The van der Waals surface area contributed by atoms with Crippen molar-refractivity contribution < 1.29 is 10.2 Å². The van der Waals surface area contributed by atoms with Gasteiger partial charge in [0.05, 0.1) is 0 Å². The monoisotopic (exact) mass is 278 g/mol. The van der Waals surface area contributed by atoms with Crippen molar-refractivity contribution in [3.63, 3.8) is 0 Å². The maximum absolute atomic E-state index is 10.7. The minimum Gasteiger partial charge on any atom is -0.508 e. The molecule has 2 nitrogen and oxygen atoms in total. The molecule has 2 heteroatoms. The molecule has 3 rings (SSSR count). The second-order valence-electron chi connectivity index (χ2n) is 5.49. The standard InChI is InChI=1S/C19H18O2/c1-14-13-17(20)7-8-18(14)15-9-11-19(21,12-10-15)16-5-3-2-4-6-16/h2-11,13,20-21H,12H2,1H3. The van der Waals surface area contributed by atoms with Crippen LogP contribution in [0.15, 0.2) is 66.8 Å². The van der Waals surface area contributed by atoms with Crippen molar-refractivity contribution in [3.8, 4) is 5.75 Å². The summed E-state index contributed by atoms with van der Waals surface area (Å²) in [6.45, 7) is 1.97. The van der Waals surface area contributed by atoms with Gasteiger partial charge in [-0.2, -0.15) is 0 Å². The van der Waals surface area contributed by atoms with E-state index in [0.717, 1.165) is 22.3 Å². The van der Waals surface area contributed by atoms with Gasteiger partial charge in [0.25, 0.3) is 0 Å². The summed E-state index contributed by atoms with van der Waals surface area (Å²) in [5, 5.41) is 20.2. The van der Waals surface area contributed by atoms with Gasteiger partial charge in [-0.05, 0) is 47.4 Å². The number of aliphatic hydroxyl groups is 1. The van der Waals surface area contributed by atoms with Gasteiger partial charge >= 0.3 is 0 Å².